The Labute approximate surface area is 143 Å². The van der Waals surface area contributed by atoms with E-state index >= 15 is 0 Å². The monoisotopic (exact) mass is 342 g/mol. The summed E-state index contributed by atoms with van der Waals surface area (Å²) in [6.07, 6.45) is 7.76. The molecule has 1 saturated heterocycles. The summed E-state index contributed by atoms with van der Waals surface area (Å²) >= 11 is 1.51. The summed E-state index contributed by atoms with van der Waals surface area (Å²) in [5.74, 6) is 0.886. The summed E-state index contributed by atoms with van der Waals surface area (Å²) in [5, 5.41) is 7.00. The van der Waals surface area contributed by atoms with Crippen LogP contribution >= 0.6 is 11.3 Å². The molecule has 6 nitrogen and oxygen atoms in total. The average molecular weight is 342 g/mol. The molecule has 0 radical (unpaired) electrons. The van der Waals surface area contributed by atoms with Gasteiger partial charge in [-0.25, -0.2) is 4.98 Å². The zero-order valence-electron chi connectivity index (χ0n) is 13.2. The van der Waals surface area contributed by atoms with E-state index in [1.807, 2.05) is 39.4 Å². The van der Waals surface area contributed by atoms with Crippen LogP contribution in [0.5, 0.6) is 0 Å². The van der Waals surface area contributed by atoms with Crippen LogP contribution in [0.15, 0.2) is 46.7 Å². The van der Waals surface area contributed by atoms with Gasteiger partial charge >= 0.3 is 0 Å². The van der Waals surface area contributed by atoms with Crippen molar-refractivity contribution in [3.63, 3.8) is 0 Å². The second-order valence-electron chi connectivity index (χ2n) is 5.91. The predicted octanol–water partition coefficient (Wildman–Crippen LogP) is 2.83. The Morgan fingerprint density at radius 1 is 1.42 bits per heavy atom. The van der Waals surface area contributed by atoms with Crippen molar-refractivity contribution in [2.45, 2.75) is 31.8 Å². The van der Waals surface area contributed by atoms with E-state index in [2.05, 4.69) is 10.1 Å². The van der Waals surface area contributed by atoms with Crippen LogP contribution in [-0.4, -0.2) is 38.2 Å². The zero-order valence-corrected chi connectivity index (χ0v) is 14.0. The second-order valence-corrected chi connectivity index (χ2v) is 6.77. The summed E-state index contributed by atoms with van der Waals surface area (Å²) in [5.41, 5.74) is 0.807. The van der Waals surface area contributed by atoms with Crippen molar-refractivity contribution in [3.8, 4) is 10.8 Å². The van der Waals surface area contributed by atoms with E-state index in [0.29, 0.717) is 6.42 Å². The van der Waals surface area contributed by atoms with Crippen LogP contribution in [0, 0.1) is 0 Å². The summed E-state index contributed by atoms with van der Waals surface area (Å²) < 4.78 is 7.25. The molecule has 24 heavy (non-hydrogen) atoms. The van der Waals surface area contributed by atoms with E-state index in [9.17, 15) is 4.79 Å². The Balaban J connectivity index is 1.42. The Hall–Kier alpha value is -2.41. The van der Waals surface area contributed by atoms with Crippen molar-refractivity contribution in [1.82, 2.24) is 19.7 Å². The molecule has 4 rings (SSSR count). The maximum absolute atomic E-state index is 12.7. The van der Waals surface area contributed by atoms with Crippen LogP contribution in [0.1, 0.15) is 18.5 Å². The third kappa shape index (κ3) is 3.12. The molecule has 1 aliphatic heterocycles. The van der Waals surface area contributed by atoms with Gasteiger partial charge in [0.2, 0.25) is 5.91 Å². The highest BCUT2D eigenvalue weighted by molar-refractivity contribution is 7.13. The first-order valence-electron chi connectivity index (χ1n) is 8.05. The summed E-state index contributed by atoms with van der Waals surface area (Å²) in [6.45, 7) is 1.58. The third-order valence-electron chi connectivity index (χ3n) is 4.27. The number of aromatic nitrogens is 3. The molecule has 4 heterocycles. The van der Waals surface area contributed by atoms with Crippen molar-refractivity contribution in [3.05, 3.63) is 47.9 Å². The lowest BCUT2D eigenvalue weighted by atomic mass is 10.2. The second kappa shape index (κ2) is 6.60. The van der Waals surface area contributed by atoms with Gasteiger partial charge in [-0.05, 0) is 31.0 Å². The molecule has 3 aromatic rings. The van der Waals surface area contributed by atoms with E-state index in [4.69, 9.17) is 4.42 Å². The van der Waals surface area contributed by atoms with Crippen LogP contribution in [-0.2, 0) is 17.8 Å². The van der Waals surface area contributed by atoms with Crippen molar-refractivity contribution in [1.29, 1.82) is 0 Å². The highest BCUT2D eigenvalue weighted by Crippen LogP contribution is 2.25. The largest absolute Gasteiger partial charge is 0.462 e. The number of carbonyl (C=O) groups excluding carboxylic acids is 1. The fraction of sp³-hybridized carbons (Fsp3) is 0.353. The Morgan fingerprint density at radius 3 is 3.17 bits per heavy atom. The molecule has 124 valence electrons. The first-order chi connectivity index (χ1) is 11.8. The minimum Gasteiger partial charge on any atom is -0.462 e. The lowest BCUT2D eigenvalue weighted by Crippen LogP contribution is -2.39. The molecule has 3 aromatic heterocycles. The van der Waals surface area contributed by atoms with Gasteiger partial charge in [-0.2, -0.15) is 5.10 Å². The first-order valence-corrected chi connectivity index (χ1v) is 8.93. The highest BCUT2D eigenvalue weighted by atomic mass is 32.1. The number of thiazole rings is 1. The van der Waals surface area contributed by atoms with Crippen molar-refractivity contribution >= 4 is 17.2 Å². The predicted molar refractivity (Wildman–Crippen MR) is 90.5 cm³/mol. The molecule has 1 aliphatic rings. The minimum atomic E-state index is 0.140. The maximum atomic E-state index is 12.7. The summed E-state index contributed by atoms with van der Waals surface area (Å²) in [4.78, 5) is 19.2. The van der Waals surface area contributed by atoms with Gasteiger partial charge in [0.15, 0.2) is 10.8 Å². The summed E-state index contributed by atoms with van der Waals surface area (Å²) in [6, 6.07) is 5.85. The number of hydrogen-bond acceptors (Lipinski definition) is 5. The molecule has 0 saturated carbocycles. The molecule has 0 aliphatic carbocycles. The number of furan rings is 1. The van der Waals surface area contributed by atoms with Crippen LogP contribution in [0.3, 0.4) is 0 Å². The normalized spacial score (nSPS) is 17.5. The van der Waals surface area contributed by atoms with Gasteiger partial charge in [-0.3, -0.25) is 9.48 Å². The number of rotatable bonds is 5. The fourth-order valence-electron chi connectivity index (χ4n) is 3.14. The lowest BCUT2D eigenvalue weighted by molar-refractivity contribution is -0.131. The number of nitrogens with zero attached hydrogens (tertiary/aromatic N) is 4. The van der Waals surface area contributed by atoms with Crippen molar-refractivity contribution < 1.29 is 9.21 Å². The number of hydrogen-bond donors (Lipinski definition) is 0. The maximum Gasteiger partial charge on any atom is 0.228 e. The van der Waals surface area contributed by atoms with Crippen LogP contribution in [0.4, 0.5) is 0 Å². The highest BCUT2D eigenvalue weighted by Gasteiger charge is 2.29. The van der Waals surface area contributed by atoms with Gasteiger partial charge in [0.1, 0.15) is 0 Å². The molecule has 0 spiro atoms. The molecule has 0 aromatic carbocycles. The van der Waals surface area contributed by atoms with E-state index < -0.39 is 0 Å². The number of likely N-dealkylation sites (tertiary alicyclic amines) is 1. The van der Waals surface area contributed by atoms with Crippen LogP contribution in [0.25, 0.3) is 10.8 Å². The van der Waals surface area contributed by atoms with E-state index in [-0.39, 0.29) is 11.9 Å². The average Bonchev–Trinajstić information content (AvgIpc) is 3.36. The third-order valence-corrected chi connectivity index (χ3v) is 5.18. The molecule has 1 atom stereocenters. The topological polar surface area (TPSA) is 64.2 Å². The van der Waals surface area contributed by atoms with Gasteiger partial charge in [0, 0.05) is 24.3 Å². The van der Waals surface area contributed by atoms with Gasteiger partial charge in [-0.1, -0.05) is 0 Å². The SMILES string of the molecule is O=C(Cc1csc(-c2ccco2)n1)N1CCC[C@H]1Cn1cccn1. The molecule has 7 heteroatoms. The molecule has 0 unspecified atom stereocenters. The van der Waals surface area contributed by atoms with E-state index in [1.165, 1.54) is 11.3 Å². The Morgan fingerprint density at radius 2 is 2.38 bits per heavy atom. The molecular weight excluding hydrogens is 324 g/mol. The van der Waals surface area contributed by atoms with Crippen LogP contribution in [0.2, 0.25) is 0 Å². The van der Waals surface area contributed by atoms with Gasteiger partial charge < -0.3 is 9.32 Å². The standard InChI is InChI=1S/C17H18N4O2S/c22-16(10-13-12-24-17(19-13)15-5-2-9-23-15)21-8-1-4-14(21)11-20-7-3-6-18-20/h2-3,5-7,9,12,14H,1,4,8,10-11H2/t14-/m0/s1. The van der Waals surface area contributed by atoms with Gasteiger partial charge in [0.05, 0.1) is 31.0 Å². The summed E-state index contributed by atoms with van der Waals surface area (Å²) in [7, 11) is 0. The Bertz CT molecular complexity index is 795. The van der Waals surface area contributed by atoms with Crippen molar-refractivity contribution in [2.24, 2.45) is 0 Å². The van der Waals surface area contributed by atoms with Crippen molar-refractivity contribution in [2.75, 3.05) is 6.54 Å². The van der Waals surface area contributed by atoms with Gasteiger partial charge in [-0.15, -0.1) is 11.3 Å². The quantitative estimate of drug-likeness (QED) is 0.715. The minimum absolute atomic E-state index is 0.140. The molecule has 1 amide bonds. The Kier molecular flexibility index (Phi) is 4.17. The van der Waals surface area contributed by atoms with E-state index in [1.54, 1.807) is 12.5 Å². The number of carbonyl (C=O) groups is 1. The smallest absolute Gasteiger partial charge is 0.228 e. The van der Waals surface area contributed by atoms with Gasteiger partial charge in [0.25, 0.3) is 0 Å². The van der Waals surface area contributed by atoms with Crippen LogP contribution < -0.4 is 0 Å². The first kappa shape index (κ1) is 15.1. The number of amides is 1. The van der Waals surface area contributed by atoms with E-state index in [0.717, 1.165) is 42.4 Å². The zero-order chi connectivity index (χ0) is 16.4. The molecule has 0 N–H and O–H groups in total. The molecular formula is C17H18N4O2S. The lowest BCUT2D eigenvalue weighted by Gasteiger charge is -2.24. The molecule has 1 fully saturated rings. The molecule has 0 bridgehead atoms. The fourth-order valence-corrected chi connectivity index (χ4v) is 3.92.